The van der Waals surface area contributed by atoms with Gasteiger partial charge in [0.1, 0.15) is 5.65 Å². The molecule has 0 spiro atoms. The van der Waals surface area contributed by atoms with Crippen LogP contribution in [0.25, 0.3) is 11.0 Å². The smallest absolute Gasteiger partial charge is 0.262 e. The first-order valence-electron chi connectivity index (χ1n) is 10.9. The van der Waals surface area contributed by atoms with Crippen molar-refractivity contribution in [3.05, 3.63) is 22.1 Å². The number of nitrogens with one attached hydrogen (secondary N) is 3. The van der Waals surface area contributed by atoms with Crippen LogP contribution in [0.15, 0.2) is 11.0 Å². The van der Waals surface area contributed by atoms with Crippen molar-refractivity contribution >= 4 is 28.8 Å². The number of unbranched alkanes of at least 4 members (excludes halogenated alkanes) is 4. The van der Waals surface area contributed by atoms with Crippen LogP contribution in [-0.4, -0.2) is 62.7 Å². The largest absolute Gasteiger partial charge is 0.346 e. The lowest BCUT2D eigenvalue weighted by atomic mass is 10.1. The summed E-state index contributed by atoms with van der Waals surface area (Å²) < 4.78 is 0. The topological polar surface area (TPSA) is 114 Å². The van der Waals surface area contributed by atoms with E-state index in [1.165, 1.54) is 12.8 Å². The first kappa shape index (κ1) is 22.0. The number of hydrogen-bond acceptors (Lipinski definition) is 5. The third-order valence-corrected chi connectivity index (χ3v) is 5.60. The first-order chi connectivity index (χ1) is 14.5. The molecule has 3 N–H and O–H groups in total. The van der Waals surface area contributed by atoms with Crippen molar-refractivity contribution in [2.24, 2.45) is 0 Å². The molecule has 0 aliphatic carbocycles. The maximum Gasteiger partial charge on any atom is 0.262 e. The normalized spacial score (nSPS) is 14.9. The van der Waals surface area contributed by atoms with Crippen molar-refractivity contribution in [1.29, 1.82) is 0 Å². The number of H-pyrrole nitrogens is 2. The number of rotatable bonds is 9. The number of anilines is 1. The molecule has 0 bridgehead atoms. The monoisotopic (exact) mass is 416 g/mol. The minimum atomic E-state index is -0.267. The number of hydrogen-bond donors (Lipinski definition) is 3. The number of fused-ring (bicyclic) bond motifs is 1. The van der Waals surface area contributed by atoms with Gasteiger partial charge in [-0.05, 0) is 12.0 Å². The van der Waals surface area contributed by atoms with E-state index in [1.807, 2.05) is 4.90 Å². The van der Waals surface area contributed by atoms with Crippen molar-refractivity contribution in [1.82, 2.24) is 24.8 Å². The van der Waals surface area contributed by atoms with Gasteiger partial charge in [0.25, 0.3) is 5.56 Å². The minimum Gasteiger partial charge on any atom is -0.346 e. The van der Waals surface area contributed by atoms with Crippen LogP contribution < -0.4 is 10.9 Å². The molecule has 0 radical (unpaired) electrons. The van der Waals surface area contributed by atoms with Gasteiger partial charge >= 0.3 is 0 Å². The van der Waals surface area contributed by atoms with Gasteiger partial charge in [0.05, 0.1) is 5.39 Å². The first-order valence-corrected chi connectivity index (χ1v) is 10.9. The highest BCUT2D eigenvalue weighted by molar-refractivity contribution is 5.90. The molecule has 2 amide bonds. The summed E-state index contributed by atoms with van der Waals surface area (Å²) in [6.45, 7) is 7.28. The highest BCUT2D eigenvalue weighted by Gasteiger charge is 2.20. The number of amides is 2. The van der Waals surface area contributed by atoms with Crippen LogP contribution in [0.5, 0.6) is 0 Å². The van der Waals surface area contributed by atoms with Gasteiger partial charge in [-0.25, -0.2) is 0 Å². The molecular formula is C21H32N6O3. The molecule has 1 aliphatic heterocycles. The van der Waals surface area contributed by atoms with Gasteiger partial charge in [-0.1, -0.05) is 32.6 Å². The third-order valence-electron chi connectivity index (χ3n) is 5.60. The van der Waals surface area contributed by atoms with Crippen LogP contribution in [0.1, 0.15) is 57.9 Å². The van der Waals surface area contributed by atoms with Crippen LogP contribution in [0.2, 0.25) is 0 Å². The molecule has 3 rings (SSSR count). The molecular weight excluding hydrogens is 384 g/mol. The Kier molecular flexibility index (Phi) is 7.62. The van der Waals surface area contributed by atoms with Crippen molar-refractivity contribution in [2.75, 3.05) is 31.5 Å². The molecule has 0 unspecified atom stereocenters. The molecule has 9 nitrogen and oxygen atoms in total. The average Bonchev–Trinajstić information content (AvgIpc) is 3.11. The lowest BCUT2D eigenvalue weighted by molar-refractivity contribution is -0.130. The number of piperazine rings is 1. The molecule has 1 saturated heterocycles. The Hall–Kier alpha value is -2.68. The molecule has 1 aliphatic rings. The Morgan fingerprint density at radius 2 is 1.87 bits per heavy atom. The van der Waals surface area contributed by atoms with E-state index in [9.17, 15) is 14.4 Å². The van der Waals surface area contributed by atoms with Crippen LogP contribution in [0.4, 0.5) is 5.95 Å². The number of nitrogens with zero attached hydrogens (tertiary/aromatic N) is 3. The molecule has 164 valence electrons. The average molecular weight is 417 g/mol. The summed E-state index contributed by atoms with van der Waals surface area (Å²) >= 11 is 0. The van der Waals surface area contributed by atoms with Crippen LogP contribution >= 0.6 is 0 Å². The summed E-state index contributed by atoms with van der Waals surface area (Å²) in [5, 5.41) is 3.21. The Morgan fingerprint density at radius 3 is 2.57 bits per heavy atom. The second-order valence-electron chi connectivity index (χ2n) is 7.95. The van der Waals surface area contributed by atoms with Crippen LogP contribution in [-0.2, 0) is 16.1 Å². The molecule has 0 saturated carbocycles. The van der Waals surface area contributed by atoms with Crippen molar-refractivity contribution < 1.29 is 9.59 Å². The van der Waals surface area contributed by atoms with E-state index in [0.717, 1.165) is 37.9 Å². The predicted molar refractivity (Wildman–Crippen MR) is 116 cm³/mol. The fourth-order valence-electron chi connectivity index (χ4n) is 3.83. The molecule has 0 aromatic carbocycles. The zero-order chi connectivity index (χ0) is 21.5. The summed E-state index contributed by atoms with van der Waals surface area (Å²) in [5.41, 5.74) is 1.06. The Morgan fingerprint density at radius 1 is 1.13 bits per heavy atom. The summed E-state index contributed by atoms with van der Waals surface area (Å²) in [7, 11) is 0. The number of carbonyl (C=O) groups excluding carboxylic acids is 2. The molecule has 30 heavy (non-hydrogen) atoms. The Bertz CT molecular complexity index is 926. The van der Waals surface area contributed by atoms with Gasteiger partial charge in [-0.3, -0.25) is 29.6 Å². The zero-order valence-electron chi connectivity index (χ0n) is 17.9. The molecule has 2 aromatic heterocycles. The lowest BCUT2D eigenvalue weighted by Crippen LogP contribution is -2.47. The molecule has 0 atom stereocenters. The fraction of sp³-hybridized carbons (Fsp3) is 0.619. The van der Waals surface area contributed by atoms with Crippen molar-refractivity contribution in [3.63, 3.8) is 0 Å². The van der Waals surface area contributed by atoms with Gasteiger partial charge < -0.3 is 9.88 Å². The van der Waals surface area contributed by atoms with E-state index >= 15 is 0 Å². The molecule has 9 heteroatoms. The van der Waals surface area contributed by atoms with Gasteiger partial charge in [-0.15, -0.1) is 0 Å². The lowest BCUT2D eigenvalue weighted by Gasteiger charge is -2.34. The van der Waals surface area contributed by atoms with E-state index in [4.69, 9.17) is 0 Å². The van der Waals surface area contributed by atoms with Gasteiger partial charge in [0.2, 0.25) is 17.8 Å². The van der Waals surface area contributed by atoms with Crippen LogP contribution in [0, 0.1) is 0 Å². The van der Waals surface area contributed by atoms with E-state index in [1.54, 1.807) is 13.1 Å². The summed E-state index contributed by atoms with van der Waals surface area (Å²) in [6.07, 6.45) is 7.59. The Labute approximate surface area is 176 Å². The quantitative estimate of drug-likeness (QED) is 0.542. The summed E-state index contributed by atoms with van der Waals surface area (Å²) in [6, 6.07) is 0. The van der Waals surface area contributed by atoms with Gasteiger partial charge in [0.15, 0.2) is 0 Å². The fourth-order valence-corrected chi connectivity index (χ4v) is 3.83. The SMILES string of the molecule is CCCCCCCC(=O)Nc1nc2[nH]cc(CN3CCN(C(C)=O)CC3)c2c(=O)[nH]1. The van der Waals surface area contributed by atoms with Crippen molar-refractivity contribution in [3.8, 4) is 0 Å². The maximum atomic E-state index is 12.6. The standard InChI is InChI=1S/C21H32N6O3/c1-3-4-5-6-7-8-17(29)23-21-24-19-18(20(30)25-21)16(13-22-19)14-26-9-11-27(12-10-26)15(2)28/h13H,3-12,14H2,1-2H3,(H3,22,23,24,25,29,30). The second-order valence-corrected chi connectivity index (χ2v) is 7.95. The van der Waals surface area contributed by atoms with Gasteiger partial charge in [0, 0.05) is 52.3 Å². The zero-order valence-corrected chi connectivity index (χ0v) is 17.9. The molecule has 2 aromatic rings. The second kappa shape index (κ2) is 10.4. The number of aromatic amines is 2. The Balaban J connectivity index is 1.59. The van der Waals surface area contributed by atoms with Crippen molar-refractivity contribution in [2.45, 2.75) is 58.9 Å². The van der Waals surface area contributed by atoms with E-state index < -0.39 is 0 Å². The maximum absolute atomic E-state index is 12.6. The van der Waals surface area contributed by atoms with E-state index in [-0.39, 0.29) is 23.3 Å². The van der Waals surface area contributed by atoms with E-state index in [2.05, 4.69) is 32.1 Å². The molecule has 3 heterocycles. The van der Waals surface area contributed by atoms with Gasteiger partial charge in [-0.2, -0.15) is 4.98 Å². The third kappa shape index (κ3) is 5.69. The highest BCUT2D eigenvalue weighted by Crippen LogP contribution is 2.17. The van der Waals surface area contributed by atoms with E-state index in [0.29, 0.717) is 37.1 Å². The molecule has 1 fully saturated rings. The predicted octanol–water partition coefficient (Wildman–Crippen LogP) is 2.21. The number of carbonyl (C=O) groups is 2. The summed E-state index contributed by atoms with van der Waals surface area (Å²) in [4.78, 5) is 50.4. The van der Waals surface area contributed by atoms with Crippen LogP contribution in [0.3, 0.4) is 0 Å². The highest BCUT2D eigenvalue weighted by atomic mass is 16.2. The minimum absolute atomic E-state index is 0.0953. The number of aromatic nitrogens is 3. The summed E-state index contributed by atoms with van der Waals surface area (Å²) in [5.74, 6) is 0.136.